The van der Waals surface area contributed by atoms with Crippen molar-refractivity contribution < 1.29 is 8.42 Å². The maximum absolute atomic E-state index is 12.3. The first kappa shape index (κ1) is 15.8. The Labute approximate surface area is 129 Å². The normalized spacial score (nSPS) is 11.4. The molecule has 0 saturated heterocycles. The molecular weight excluding hydrogens is 306 g/mol. The highest BCUT2D eigenvalue weighted by molar-refractivity contribution is 7.92. The lowest BCUT2D eigenvalue weighted by molar-refractivity contribution is 0.601. The molecule has 0 amide bonds. The van der Waals surface area contributed by atoms with Gasteiger partial charge in [0.05, 0.1) is 10.6 Å². The van der Waals surface area contributed by atoms with Crippen LogP contribution in [-0.4, -0.2) is 22.5 Å². The zero-order valence-electron chi connectivity index (χ0n) is 12.3. The maximum atomic E-state index is 12.3. The monoisotopic (exact) mass is 325 g/mol. The SMILES string of the molecule is Cc1ccc(NS(=O)(=O)c2csc(CN)c2)cc1N(C)C. The van der Waals surface area contributed by atoms with E-state index in [2.05, 4.69) is 4.72 Å². The second-order valence-corrected chi connectivity index (χ2v) is 7.63. The van der Waals surface area contributed by atoms with Gasteiger partial charge in [0.15, 0.2) is 0 Å². The number of anilines is 2. The molecule has 2 rings (SSSR count). The lowest BCUT2D eigenvalue weighted by atomic mass is 10.2. The summed E-state index contributed by atoms with van der Waals surface area (Å²) in [5, 5.41) is 1.60. The third-order valence-electron chi connectivity index (χ3n) is 3.08. The first-order valence-electron chi connectivity index (χ1n) is 6.42. The number of aryl methyl sites for hydroxylation is 1. The predicted molar refractivity (Wildman–Crippen MR) is 88.5 cm³/mol. The molecule has 0 fully saturated rings. The minimum Gasteiger partial charge on any atom is -0.377 e. The highest BCUT2D eigenvalue weighted by Gasteiger charge is 2.16. The molecule has 0 spiro atoms. The van der Waals surface area contributed by atoms with Crippen LogP contribution in [0.25, 0.3) is 0 Å². The number of hydrogen-bond donors (Lipinski definition) is 2. The zero-order valence-corrected chi connectivity index (χ0v) is 13.9. The molecule has 7 heteroatoms. The van der Waals surface area contributed by atoms with Crippen LogP contribution in [0.15, 0.2) is 34.5 Å². The average molecular weight is 325 g/mol. The Bertz CT molecular complexity index is 736. The lowest BCUT2D eigenvalue weighted by Gasteiger charge is -2.17. The van der Waals surface area contributed by atoms with Gasteiger partial charge in [-0.25, -0.2) is 8.42 Å². The van der Waals surface area contributed by atoms with Crippen LogP contribution >= 0.6 is 11.3 Å². The van der Waals surface area contributed by atoms with Crippen LogP contribution in [-0.2, 0) is 16.6 Å². The van der Waals surface area contributed by atoms with Crippen molar-refractivity contribution >= 4 is 32.7 Å². The van der Waals surface area contributed by atoms with Gasteiger partial charge < -0.3 is 10.6 Å². The number of nitrogens with one attached hydrogen (secondary N) is 1. The molecular formula is C14H19N3O2S2. The van der Waals surface area contributed by atoms with Crippen molar-refractivity contribution in [3.8, 4) is 0 Å². The fourth-order valence-electron chi connectivity index (χ4n) is 1.98. The summed E-state index contributed by atoms with van der Waals surface area (Å²) in [4.78, 5) is 3.04. The largest absolute Gasteiger partial charge is 0.377 e. The van der Waals surface area contributed by atoms with E-state index in [0.717, 1.165) is 16.1 Å². The average Bonchev–Trinajstić information content (AvgIpc) is 2.90. The summed E-state index contributed by atoms with van der Waals surface area (Å²) in [6.45, 7) is 2.33. The van der Waals surface area contributed by atoms with E-state index in [-0.39, 0.29) is 4.90 Å². The topological polar surface area (TPSA) is 75.4 Å². The fourth-order valence-corrected chi connectivity index (χ4v) is 4.18. The van der Waals surface area contributed by atoms with Crippen LogP contribution in [0.5, 0.6) is 0 Å². The second kappa shape index (κ2) is 6.05. The van der Waals surface area contributed by atoms with E-state index in [0.29, 0.717) is 12.2 Å². The van der Waals surface area contributed by atoms with Crippen LogP contribution < -0.4 is 15.4 Å². The molecule has 0 radical (unpaired) electrons. The molecule has 1 aromatic heterocycles. The molecule has 0 bridgehead atoms. The van der Waals surface area contributed by atoms with Gasteiger partial charge >= 0.3 is 0 Å². The van der Waals surface area contributed by atoms with Gasteiger partial charge in [-0.05, 0) is 30.7 Å². The molecule has 0 aliphatic rings. The third kappa shape index (κ3) is 3.55. The smallest absolute Gasteiger partial charge is 0.262 e. The van der Waals surface area contributed by atoms with Crippen LogP contribution in [0.4, 0.5) is 11.4 Å². The van der Waals surface area contributed by atoms with Gasteiger partial charge in [-0.2, -0.15) is 0 Å². The number of hydrogen-bond acceptors (Lipinski definition) is 5. The van der Waals surface area contributed by atoms with Gasteiger partial charge in [0.2, 0.25) is 0 Å². The summed E-state index contributed by atoms with van der Waals surface area (Å²) in [5.74, 6) is 0. The van der Waals surface area contributed by atoms with Gasteiger partial charge in [0.1, 0.15) is 0 Å². The molecule has 5 nitrogen and oxygen atoms in total. The summed E-state index contributed by atoms with van der Waals surface area (Å²) in [6, 6.07) is 7.08. The Morgan fingerprint density at radius 3 is 2.57 bits per heavy atom. The lowest BCUT2D eigenvalue weighted by Crippen LogP contribution is -2.14. The van der Waals surface area contributed by atoms with Gasteiger partial charge in [0, 0.05) is 36.6 Å². The standard InChI is InChI=1S/C14H19N3O2S2/c1-10-4-5-11(6-14(10)17(2)3)16-21(18,19)13-7-12(8-15)20-9-13/h4-7,9,16H,8,15H2,1-3H3. The quantitative estimate of drug-likeness (QED) is 0.885. The summed E-state index contributed by atoms with van der Waals surface area (Å²) in [7, 11) is 0.276. The predicted octanol–water partition coefficient (Wildman–Crippen LogP) is 2.38. The maximum Gasteiger partial charge on any atom is 0.262 e. The molecule has 0 atom stereocenters. The Hall–Kier alpha value is -1.57. The Balaban J connectivity index is 2.30. The minimum absolute atomic E-state index is 0.250. The van der Waals surface area contributed by atoms with Crippen LogP contribution in [0.2, 0.25) is 0 Å². The van der Waals surface area contributed by atoms with Crippen molar-refractivity contribution in [1.29, 1.82) is 0 Å². The van der Waals surface area contributed by atoms with Gasteiger partial charge in [0.25, 0.3) is 10.0 Å². The summed E-state index contributed by atoms with van der Waals surface area (Å²) < 4.78 is 27.3. The van der Waals surface area contributed by atoms with Gasteiger partial charge in [-0.15, -0.1) is 11.3 Å². The van der Waals surface area contributed by atoms with Crippen LogP contribution in [0.1, 0.15) is 10.4 Å². The summed E-state index contributed by atoms with van der Waals surface area (Å²) >= 11 is 1.35. The number of benzene rings is 1. The number of sulfonamides is 1. The minimum atomic E-state index is -3.57. The molecule has 2 aromatic rings. The van der Waals surface area contributed by atoms with Crippen molar-refractivity contribution in [2.24, 2.45) is 5.73 Å². The van der Waals surface area contributed by atoms with E-state index in [1.54, 1.807) is 17.5 Å². The Morgan fingerprint density at radius 2 is 2.00 bits per heavy atom. The second-order valence-electron chi connectivity index (χ2n) is 4.95. The van der Waals surface area contributed by atoms with Crippen LogP contribution in [0.3, 0.4) is 0 Å². The molecule has 1 heterocycles. The van der Waals surface area contributed by atoms with E-state index in [1.807, 2.05) is 38.1 Å². The van der Waals surface area contributed by atoms with Crippen molar-refractivity contribution in [2.45, 2.75) is 18.4 Å². The summed E-state index contributed by atoms with van der Waals surface area (Å²) in [5.41, 5.74) is 8.13. The molecule has 1 aromatic carbocycles. The molecule has 21 heavy (non-hydrogen) atoms. The third-order valence-corrected chi connectivity index (χ3v) is 5.55. The van der Waals surface area contributed by atoms with Gasteiger partial charge in [-0.1, -0.05) is 6.07 Å². The highest BCUT2D eigenvalue weighted by atomic mass is 32.2. The zero-order chi connectivity index (χ0) is 15.6. The highest BCUT2D eigenvalue weighted by Crippen LogP contribution is 2.26. The molecule has 114 valence electrons. The van der Waals surface area contributed by atoms with Crippen molar-refractivity contribution in [3.63, 3.8) is 0 Å². The van der Waals surface area contributed by atoms with Crippen molar-refractivity contribution in [2.75, 3.05) is 23.7 Å². The van der Waals surface area contributed by atoms with E-state index in [9.17, 15) is 8.42 Å². The number of nitrogens with zero attached hydrogens (tertiary/aromatic N) is 1. The number of rotatable bonds is 5. The van der Waals surface area contributed by atoms with Gasteiger partial charge in [-0.3, -0.25) is 4.72 Å². The van der Waals surface area contributed by atoms with Crippen molar-refractivity contribution in [3.05, 3.63) is 40.1 Å². The molecule has 0 aliphatic heterocycles. The van der Waals surface area contributed by atoms with E-state index >= 15 is 0 Å². The van der Waals surface area contributed by atoms with E-state index in [4.69, 9.17) is 5.73 Å². The van der Waals surface area contributed by atoms with Crippen LogP contribution in [0, 0.1) is 6.92 Å². The Morgan fingerprint density at radius 1 is 1.29 bits per heavy atom. The number of thiophene rings is 1. The molecule has 0 saturated carbocycles. The Kier molecular flexibility index (Phi) is 4.55. The fraction of sp³-hybridized carbons (Fsp3) is 0.286. The van der Waals surface area contributed by atoms with Crippen molar-refractivity contribution in [1.82, 2.24) is 0 Å². The number of nitrogens with two attached hydrogens (primary N) is 1. The first-order valence-corrected chi connectivity index (χ1v) is 8.78. The molecule has 3 N–H and O–H groups in total. The van der Waals surface area contributed by atoms with E-state index < -0.39 is 10.0 Å². The first-order chi connectivity index (χ1) is 9.83. The summed E-state index contributed by atoms with van der Waals surface area (Å²) in [6.07, 6.45) is 0. The molecule has 0 unspecified atom stereocenters. The molecule has 0 aliphatic carbocycles. The van der Waals surface area contributed by atoms with E-state index in [1.165, 1.54) is 11.3 Å².